The van der Waals surface area contributed by atoms with Gasteiger partial charge in [-0.25, -0.2) is 0 Å². The maximum absolute atomic E-state index is 4.07. The summed E-state index contributed by atoms with van der Waals surface area (Å²) in [6.07, 6.45) is 1.73. The van der Waals surface area contributed by atoms with Crippen LogP contribution in [-0.4, -0.2) is 26.7 Å². The van der Waals surface area contributed by atoms with E-state index in [1.807, 2.05) is 17.7 Å². The molecule has 1 aromatic heterocycles. The van der Waals surface area contributed by atoms with Crippen LogP contribution in [0, 0.1) is 0 Å². The minimum absolute atomic E-state index is 0.811. The molecule has 16 heavy (non-hydrogen) atoms. The van der Waals surface area contributed by atoms with E-state index in [9.17, 15) is 0 Å². The number of hydrogen-bond donors (Lipinski definition) is 0. The van der Waals surface area contributed by atoms with Crippen molar-refractivity contribution < 1.29 is 0 Å². The Hall–Kier alpha value is -1.68. The Balaban J connectivity index is 1.95. The standard InChI is InChI=1S/C12H16N4/c1-15(8-11-6-4-3-5-7-11)9-12-14-13-10-16(12)2/h3-7,10H,8-9H2,1-2H3. The van der Waals surface area contributed by atoms with E-state index in [-0.39, 0.29) is 0 Å². The minimum atomic E-state index is 0.811. The zero-order chi connectivity index (χ0) is 11.4. The van der Waals surface area contributed by atoms with Crippen LogP contribution in [0.5, 0.6) is 0 Å². The number of aromatic nitrogens is 3. The SMILES string of the molecule is CN(Cc1ccccc1)Cc1nncn1C. The highest BCUT2D eigenvalue weighted by atomic mass is 15.3. The van der Waals surface area contributed by atoms with Crippen LogP contribution in [0.1, 0.15) is 11.4 Å². The third-order valence-electron chi connectivity index (χ3n) is 2.51. The molecule has 0 radical (unpaired) electrons. The maximum Gasteiger partial charge on any atom is 0.146 e. The molecule has 0 bridgehead atoms. The molecule has 0 N–H and O–H groups in total. The van der Waals surface area contributed by atoms with Gasteiger partial charge in [0.05, 0.1) is 6.54 Å². The fourth-order valence-electron chi connectivity index (χ4n) is 1.64. The Labute approximate surface area is 95.5 Å². The van der Waals surface area contributed by atoms with Crippen LogP contribution < -0.4 is 0 Å². The van der Waals surface area contributed by atoms with E-state index >= 15 is 0 Å². The maximum atomic E-state index is 4.07. The van der Waals surface area contributed by atoms with E-state index in [2.05, 4.69) is 46.4 Å². The van der Waals surface area contributed by atoms with Crippen LogP contribution in [0.15, 0.2) is 36.7 Å². The third kappa shape index (κ3) is 2.67. The molecular formula is C12H16N4. The first-order chi connectivity index (χ1) is 7.75. The summed E-state index contributed by atoms with van der Waals surface area (Å²) < 4.78 is 1.95. The highest BCUT2D eigenvalue weighted by molar-refractivity contribution is 5.14. The average molecular weight is 216 g/mol. The van der Waals surface area contributed by atoms with Gasteiger partial charge in [-0.3, -0.25) is 4.90 Å². The van der Waals surface area contributed by atoms with Gasteiger partial charge in [0.25, 0.3) is 0 Å². The Kier molecular flexibility index (Phi) is 3.31. The molecular weight excluding hydrogens is 200 g/mol. The summed E-state index contributed by atoms with van der Waals surface area (Å²) in [6, 6.07) is 10.4. The molecule has 4 heteroatoms. The van der Waals surface area contributed by atoms with Crippen LogP contribution in [0.3, 0.4) is 0 Å². The predicted molar refractivity (Wildman–Crippen MR) is 62.6 cm³/mol. The van der Waals surface area contributed by atoms with Gasteiger partial charge in [-0.2, -0.15) is 0 Å². The molecule has 0 saturated carbocycles. The Morgan fingerprint density at radius 2 is 1.94 bits per heavy atom. The first-order valence-corrected chi connectivity index (χ1v) is 5.31. The van der Waals surface area contributed by atoms with Gasteiger partial charge < -0.3 is 4.57 Å². The molecule has 0 aliphatic heterocycles. The molecule has 0 atom stereocenters. The van der Waals surface area contributed by atoms with Crippen LogP contribution in [0.25, 0.3) is 0 Å². The summed E-state index contributed by atoms with van der Waals surface area (Å²) in [4.78, 5) is 2.22. The van der Waals surface area contributed by atoms with Gasteiger partial charge in [-0.15, -0.1) is 10.2 Å². The summed E-state index contributed by atoms with van der Waals surface area (Å²) >= 11 is 0. The number of rotatable bonds is 4. The first-order valence-electron chi connectivity index (χ1n) is 5.31. The Morgan fingerprint density at radius 3 is 2.56 bits per heavy atom. The summed E-state index contributed by atoms with van der Waals surface area (Å²) in [6.45, 7) is 1.74. The van der Waals surface area contributed by atoms with E-state index in [1.165, 1.54) is 5.56 Å². The van der Waals surface area contributed by atoms with Crippen molar-refractivity contribution in [3.8, 4) is 0 Å². The molecule has 2 aromatic rings. The third-order valence-corrected chi connectivity index (χ3v) is 2.51. The molecule has 0 aliphatic carbocycles. The molecule has 0 spiro atoms. The van der Waals surface area contributed by atoms with Crippen molar-refractivity contribution in [2.75, 3.05) is 7.05 Å². The molecule has 84 valence electrons. The molecule has 1 heterocycles. The van der Waals surface area contributed by atoms with Crippen molar-refractivity contribution >= 4 is 0 Å². The van der Waals surface area contributed by atoms with Gasteiger partial charge in [-0.1, -0.05) is 30.3 Å². The van der Waals surface area contributed by atoms with Gasteiger partial charge in [0.2, 0.25) is 0 Å². The van der Waals surface area contributed by atoms with Crippen molar-refractivity contribution in [1.29, 1.82) is 0 Å². The number of aryl methyl sites for hydroxylation is 1. The lowest BCUT2D eigenvalue weighted by atomic mass is 10.2. The highest BCUT2D eigenvalue weighted by Crippen LogP contribution is 2.05. The van der Waals surface area contributed by atoms with Crippen molar-refractivity contribution in [3.05, 3.63) is 48.0 Å². The molecule has 0 unspecified atom stereocenters. The van der Waals surface area contributed by atoms with E-state index < -0.39 is 0 Å². The normalized spacial score (nSPS) is 10.9. The summed E-state index contributed by atoms with van der Waals surface area (Å²) in [7, 11) is 4.05. The van der Waals surface area contributed by atoms with Crippen molar-refractivity contribution in [2.45, 2.75) is 13.1 Å². The van der Waals surface area contributed by atoms with Crippen LogP contribution in [0.4, 0.5) is 0 Å². The van der Waals surface area contributed by atoms with Gasteiger partial charge in [0.1, 0.15) is 12.2 Å². The lowest BCUT2D eigenvalue weighted by Crippen LogP contribution is -2.19. The quantitative estimate of drug-likeness (QED) is 0.775. The first kappa shape index (κ1) is 10.8. The second-order valence-corrected chi connectivity index (χ2v) is 4.02. The monoisotopic (exact) mass is 216 g/mol. The molecule has 4 nitrogen and oxygen atoms in total. The Bertz CT molecular complexity index is 435. The Morgan fingerprint density at radius 1 is 1.19 bits per heavy atom. The van der Waals surface area contributed by atoms with Crippen molar-refractivity contribution in [3.63, 3.8) is 0 Å². The van der Waals surface area contributed by atoms with Crippen molar-refractivity contribution in [1.82, 2.24) is 19.7 Å². The van der Waals surface area contributed by atoms with E-state index in [0.717, 1.165) is 18.9 Å². The average Bonchev–Trinajstić information content (AvgIpc) is 2.66. The van der Waals surface area contributed by atoms with Crippen LogP contribution in [0.2, 0.25) is 0 Å². The predicted octanol–water partition coefficient (Wildman–Crippen LogP) is 1.45. The molecule has 2 rings (SSSR count). The number of hydrogen-bond acceptors (Lipinski definition) is 3. The fourth-order valence-corrected chi connectivity index (χ4v) is 1.64. The zero-order valence-electron chi connectivity index (χ0n) is 9.67. The van der Waals surface area contributed by atoms with Gasteiger partial charge in [-0.05, 0) is 12.6 Å². The van der Waals surface area contributed by atoms with Crippen molar-refractivity contribution in [2.24, 2.45) is 7.05 Å². The largest absolute Gasteiger partial charge is 0.320 e. The minimum Gasteiger partial charge on any atom is -0.320 e. The summed E-state index contributed by atoms with van der Waals surface area (Å²) in [5.41, 5.74) is 1.31. The van der Waals surface area contributed by atoms with Crippen LogP contribution >= 0.6 is 0 Å². The molecule has 0 amide bonds. The van der Waals surface area contributed by atoms with Gasteiger partial charge in [0, 0.05) is 13.6 Å². The van der Waals surface area contributed by atoms with Gasteiger partial charge in [0.15, 0.2) is 0 Å². The fraction of sp³-hybridized carbons (Fsp3) is 0.333. The topological polar surface area (TPSA) is 34.0 Å². The highest BCUT2D eigenvalue weighted by Gasteiger charge is 2.05. The molecule has 0 fully saturated rings. The number of nitrogens with zero attached hydrogens (tertiary/aromatic N) is 4. The van der Waals surface area contributed by atoms with E-state index in [1.54, 1.807) is 6.33 Å². The smallest absolute Gasteiger partial charge is 0.146 e. The lowest BCUT2D eigenvalue weighted by Gasteiger charge is -2.15. The van der Waals surface area contributed by atoms with E-state index in [0.29, 0.717) is 0 Å². The molecule has 1 aromatic carbocycles. The lowest BCUT2D eigenvalue weighted by molar-refractivity contribution is 0.306. The second kappa shape index (κ2) is 4.90. The zero-order valence-corrected chi connectivity index (χ0v) is 9.67. The second-order valence-electron chi connectivity index (χ2n) is 4.02. The van der Waals surface area contributed by atoms with E-state index in [4.69, 9.17) is 0 Å². The van der Waals surface area contributed by atoms with Crippen LogP contribution in [-0.2, 0) is 20.1 Å². The molecule has 0 saturated heterocycles. The summed E-state index contributed by atoms with van der Waals surface area (Å²) in [5.74, 6) is 0.985. The number of benzene rings is 1. The summed E-state index contributed by atoms with van der Waals surface area (Å²) in [5, 5.41) is 7.94. The molecule has 0 aliphatic rings. The van der Waals surface area contributed by atoms with Gasteiger partial charge >= 0.3 is 0 Å².